The summed E-state index contributed by atoms with van der Waals surface area (Å²) >= 11 is 0. The molecule has 0 aliphatic rings. The number of carbonyl (C=O) groups is 2. The normalized spacial score (nSPS) is 9.67. The van der Waals surface area contributed by atoms with E-state index in [1.54, 1.807) is 13.8 Å². The Bertz CT molecular complexity index is 126. The second-order valence-corrected chi connectivity index (χ2v) is 2.33. The molecule has 0 spiro atoms. The van der Waals surface area contributed by atoms with Crippen LogP contribution in [0.1, 0.15) is 20.3 Å². The monoisotopic (exact) mass is 131 g/mol. The van der Waals surface area contributed by atoms with Gasteiger partial charge in [0.15, 0.2) is 0 Å². The molecule has 0 aromatic carbocycles. The first-order valence-corrected chi connectivity index (χ1v) is 2.80. The predicted molar refractivity (Wildman–Crippen MR) is 32.1 cm³/mol. The fraction of sp³-hybridized carbons (Fsp3) is 0.667. The van der Waals surface area contributed by atoms with Crippen molar-refractivity contribution in [2.45, 2.75) is 20.3 Å². The molecule has 3 nitrogen and oxygen atoms in total. The van der Waals surface area contributed by atoms with E-state index < -0.39 is 11.8 Å². The summed E-state index contributed by atoms with van der Waals surface area (Å²) in [5, 5.41) is 8.08. The zero-order chi connectivity index (χ0) is 7.44. The van der Waals surface area contributed by atoms with Gasteiger partial charge < -0.3 is 5.11 Å². The highest BCUT2D eigenvalue weighted by Crippen LogP contribution is 1.99. The highest BCUT2D eigenvalue weighted by Gasteiger charge is 2.11. The molecule has 0 aliphatic carbocycles. The third-order valence-electron chi connectivity index (χ3n) is 0.832. The maximum Gasteiger partial charge on any atom is 0.372 e. The molecule has 9 heavy (non-hydrogen) atoms. The van der Waals surface area contributed by atoms with Crippen LogP contribution in [0.5, 0.6) is 0 Å². The first kappa shape index (κ1) is 8.14. The number of carbonyl (C=O) groups excluding carboxylic acids is 1. The minimum atomic E-state index is -1.33. The largest absolute Gasteiger partial charge is 0.476 e. The van der Waals surface area contributed by atoms with Crippen molar-refractivity contribution in [1.82, 2.24) is 0 Å². The molecule has 1 N–H and O–H groups in total. The van der Waals surface area contributed by atoms with Crippen LogP contribution in [-0.2, 0) is 9.59 Å². The minimum Gasteiger partial charge on any atom is -0.476 e. The summed E-state index contributed by atoms with van der Waals surface area (Å²) in [6, 6.07) is 0. The van der Waals surface area contributed by atoms with Gasteiger partial charge in [0.2, 0.25) is 5.78 Å². The van der Waals surface area contributed by atoms with Gasteiger partial charge in [-0.1, -0.05) is 13.8 Å². The fourth-order valence-electron chi connectivity index (χ4n) is 0.458. The maximum absolute atomic E-state index is 10.4. The summed E-state index contributed by atoms with van der Waals surface area (Å²) in [4.78, 5) is 20.2. The summed E-state index contributed by atoms with van der Waals surface area (Å²) in [7, 11) is 0. The van der Waals surface area contributed by atoms with Gasteiger partial charge in [-0.25, -0.2) is 4.79 Å². The van der Waals surface area contributed by atoms with Gasteiger partial charge in [-0.3, -0.25) is 4.79 Å². The van der Waals surface area contributed by atoms with Crippen molar-refractivity contribution >= 4 is 11.8 Å². The van der Waals surface area contributed by atoms with Crippen LogP contribution in [0.2, 0.25) is 0 Å². The summed E-state index contributed by atoms with van der Waals surface area (Å²) in [6.07, 6.45) is 0.134. The predicted octanol–water partition coefficient (Wildman–Crippen LogP) is 0.686. The number of aliphatic carboxylic acids is 1. The van der Waals surface area contributed by atoms with Crippen molar-refractivity contribution in [3.05, 3.63) is 0 Å². The molecule has 0 amide bonds. The molecule has 0 unspecified atom stereocenters. The lowest BCUT2D eigenvalue weighted by Gasteiger charge is -1.97. The number of carboxylic acid groups (broad SMARTS) is 1. The molecule has 0 bridgehead atoms. The van der Waals surface area contributed by atoms with Gasteiger partial charge in [-0.2, -0.15) is 0 Å². The Kier molecular flexibility index (Phi) is 2.91. The van der Waals surface area contributed by atoms with E-state index in [-0.39, 0.29) is 12.3 Å². The number of ketones is 1. The Morgan fingerprint density at radius 3 is 2.00 bits per heavy atom. The molecule has 3 heteroatoms. The number of hydrogen-bond acceptors (Lipinski definition) is 2. The van der Waals surface area contributed by atoms with E-state index in [9.17, 15) is 9.59 Å². The number of rotatable bonds is 3. The quantitative estimate of drug-likeness (QED) is 0.452. The lowest BCUT2D eigenvalue weighted by molar-refractivity contribution is -0.149. The van der Waals surface area contributed by atoms with Crippen LogP contribution in [0.25, 0.3) is 0 Å². The van der Waals surface area contributed by atoms with Gasteiger partial charge in [0, 0.05) is 6.42 Å². The number of hydrogen-bond donors (Lipinski definition) is 1. The molecule has 0 atom stereocenters. The molecule has 0 radical (unpaired) electrons. The summed E-state index contributed by atoms with van der Waals surface area (Å²) in [5.41, 5.74) is 0. The van der Waals surface area contributed by atoms with Gasteiger partial charge in [0.25, 0.3) is 0 Å². The molecule has 0 aromatic rings. The topological polar surface area (TPSA) is 54.4 Å². The summed E-state index contributed by atoms with van der Waals surface area (Å²) in [6.45, 7) is 3.61. The van der Waals surface area contributed by atoms with E-state index in [2.05, 4.69) is 0 Å². The van der Waals surface area contributed by atoms with Crippen molar-refractivity contribution in [1.29, 1.82) is 0 Å². The number of Topliss-reactive ketones (excluding diaryl/α,β-unsaturated/α-hetero) is 1. The Balaban J connectivity index is 3.65. The molecule has 0 saturated heterocycles. The molecular formula is C6H10O3. The van der Waals surface area contributed by atoms with E-state index in [1.165, 1.54) is 0 Å². The minimum absolute atomic E-state index is 0.133. The number of carboxylic acids is 1. The van der Waals surface area contributed by atoms with Gasteiger partial charge in [0.1, 0.15) is 0 Å². The second-order valence-electron chi connectivity index (χ2n) is 2.33. The third-order valence-corrected chi connectivity index (χ3v) is 0.832. The third kappa shape index (κ3) is 3.70. The van der Waals surface area contributed by atoms with Crippen molar-refractivity contribution < 1.29 is 14.7 Å². The summed E-state index contributed by atoms with van der Waals surface area (Å²) < 4.78 is 0. The van der Waals surface area contributed by atoms with Crippen LogP contribution < -0.4 is 0 Å². The zero-order valence-electron chi connectivity index (χ0n) is 5.55. The average molecular weight is 131 g/mol. The van der Waals surface area contributed by atoms with Crippen LogP contribution in [0.3, 0.4) is 0 Å². The van der Waals surface area contributed by atoms with Crippen LogP contribution in [0.15, 0.2) is 0 Å². The Labute approximate surface area is 53.7 Å². The fourth-order valence-corrected chi connectivity index (χ4v) is 0.458. The maximum atomic E-state index is 10.4. The highest BCUT2D eigenvalue weighted by atomic mass is 16.5. The van der Waals surface area contributed by atoms with Crippen molar-refractivity contribution in [2.24, 2.45) is 5.92 Å². The van der Waals surface area contributed by atoms with Crippen LogP contribution in [-0.4, -0.2) is 16.9 Å². The van der Waals surface area contributed by atoms with Gasteiger partial charge in [-0.15, -0.1) is 0 Å². The standard InChI is InChI=1S/C6H10O3/c1-4(2)3-5(7)6(8)9/h4H,3H2,1-2H3,(H,8,9)/i6+1. The van der Waals surface area contributed by atoms with E-state index in [1.807, 2.05) is 0 Å². The molecule has 0 heterocycles. The van der Waals surface area contributed by atoms with E-state index in [0.29, 0.717) is 0 Å². The van der Waals surface area contributed by atoms with E-state index in [0.717, 1.165) is 0 Å². The van der Waals surface area contributed by atoms with Gasteiger partial charge in [-0.05, 0) is 5.92 Å². The Morgan fingerprint density at radius 2 is 1.89 bits per heavy atom. The first-order chi connectivity index (χ1) is 4.04. The van der Waals surface area contributed by atoms with Crippen LogP contribution in [0, 0.1) is 5.92 Å². The van der Waals surface area contributed by atoms with Crippen molar-refractivity contribution in [3.63, 3.8) is 0 Å². The average Bonchev–Trinajstić information content (AvgIpc) is 1.63. The highest BCUT2D eigenvalue weighted by molar-refractivity contribution is 6.32. The van der Waals surface area contributed by atoms with Crippen molar-refractivity contribution in [2.75, 3.05) is 0 Å². The molecule has 0 saturated carbocycles. The molecule has 0 aliphatic heterocycles. The first-order valence-electron chi connectivity index (χ1n) is 2.80. The lowest BCUT2D eigenvalue weighted by atomic mass is 10.1. The SMILES string of the molecule is CC(C)CC(=O)[13C](=O)O. The second kappa shape index (κ2) is 3.22. The van der Waals surface area contributed by atoms with E-state index in [4.69, 9.17) is 5.11 Å². The molecule has 0 rings (SSSR count). The van der Waals surface area contributed by atoms with Crippen molar-refractivity contribution in [3.8, 4) is 0 Å². The summed E-state index contributed by atoms with van der Waals surface area (Å²) in [5.74, 6) is -1.90. The lowest BCUT2D eigenvalue weighted by Crippen LogP contribution is -2.14. The van der Waals surface area contributed by atoms with Gasteiger partial charge >= 0.3 is 5.97 Å². The smallest absolute Gasteiger partial charge is 0.372 e. The Morgan fingerprint density at radius 1 is 1.44 bits per heavy atom. The zero-order valence-corrected chi connectivity index (χ0v) is 5.55. The van der Waals surface area contributed by atoms with Crippen LogP contribution in [0.4, 0.5) is 0 Å². The molecular weight excluding hydrogens is 121 g/mol. The molecule has 0 fully saturated rings. The Hall–Kier alpha value is -0.860. The molecule has 0 aromatic heterocycles. The van der Waals surface area contributed by atoms with Gasteiger partial charge in [0.05, 0.1) is 0 Å². The van der Waals surface area contributed by atoms with Crippen LogP contribution >= 0.6 is 0 Å². The van der Waals surface area contributed by atoms with E-state index >= 15 is 0 Å². The molecule has 52 valence electrons.